The minimum atomic E-state index is -0.559. The topological polar surface area (TPSA) is 24.3 Å². The first-order valence-electron chi connectivity index (χ1n) is 19.0. The highest BCUT2D eigenvalue weighted by molar-refractivity contribution is 6.09. The molecule has 0 spiro atoms. The highest BCUT2D eigenvalue weighted by Crippen LogP contribution is 2.57. The number of nitrogens with zero attached hydrogens (tertiary/aromatic N) is 4. The van der Waals surface area contributed by atoms with Gasteiger partial charge in [0, 0.05) is 29.7 Å². The maximum Gasteiger partial charge on any atom is 0.137 e. The number of hydrogen-bond donors (Lipinski definition) is 0. The number of fused-ring (bicyclic) bond motifs is 7. The van der Waals surface area contributed by atoms with Crippen molar-refractivity contribution < 1.29 is 0 Å². The summed E-state index contributed by atoms with van der Waals surface area (Å²) < 4.78 is 2.38. The van der Waals surface area contributed by atoms with Crippen LogP contribution in [0.2, 0.25) is 0 Å². The molecular weight excluding hydrogens is 657 g/mol. The third kappa shape index (κ3) is 4.59. The molecule has 8 aromatic rings. The lowest BCUT2D eigenvalue weighted by Gasteiger charge is -2.35. The maximum absolute atomic E-state index is 5.02. The van der Waals surface area contributed by atoms with Crippen molar-refractivity contribution in [2.24, 2.45) is 0 Å². The van der Waals surface area contributed by atoms with E-state index in [1.54, 1.807) is 0 Å². The van der Waals surface area contributed by atoms with Crippen LogP contribution in [0, 0.1) is 13.8 Å². The lowest BCUT2D eigenvalue weighted by molar-refractivity contribution is 0.588. The smallest absolute Gasteiger partial charge is 0.137 e. The van der Waals surface area contributed by atoms with Crippen LogP contribution in [0.15, 0.2) is 146 Å². The van der Waals surface area contributed by atoms with E-state index in [1.807, 2.05) is 6.20 Å². The number of aryl methyl sites for hydroxylation is 2. The fourth-order valence-electron chi connectivity index (χ4n) is 9.28. The number of rotatable bonds is 4. The van der Waals surface area contributed by atoms with Crippen molar-refractivity contribution in [3.8, 4) is 16.9 Å². The number of para-hydroxylation sites is 1. The summed E-state index contributed by atoms with van der Waals surface area (Å²) in [6, 6.07) is 52.4. The lowest BCUT2D eigenvalue weighted by atomic mass is 9.67. The molecule has 6 aromatic carbocycles. The zero-order chi connectivity index (χ0) is 36.9. The normalized spacial score (nSPS) is 14.5. The van der Waals surface area contributed by atoms with E-state index in [2.05, 4.69) is 196 Å². The first-order valence-corrected chi connectivity index (χ1v) is 19.0. The predicted molar refractivity (Wildman–Crippen MR) is 226 cm³/mol. The van der Waals surface area contributed by atoms with Crippen molar-refractivity contribution in [1.82, 2.24) is 9.55 Å². The van der Waals surface area contributed by atoms with Crippen LogP contribution in [0.3, 0.4) is 0 Å². The Kier molecular flexibility index (Phi) is 7.04. The molecule has 1 aliphatic carbocycles. The van der Waals surface area contributed by atoms with Crippen molar-refractivity contribution in [2.75, 3.05) is 23.5 Å². The Hall–Kier alpha value is -6.13. The molecule has 10 rings (SSSR count). The Morgan fingerprint density at radius 2 is 1.24 bits per heavy atom. The van der Waals surface area contributed by atoms with Crippen molar-refractivity contribution in [3.63, 3.8) is 0 Å². The predicted octanol–water partition coefficient (Wildman–Crippen LogP) is 12.0. The Morgan fingerprint density at radius 3 is 1.98 bits per heavy atom. The minimum absolute atomic E-state index is 0.00383. The van der Waals surface area contributed by atoms with Crippen molar-refractivity contribution in [2.45, 2.75) is 45.4 Å². The summed E-state index contributed by atoms with van der Waals surface area (Å²) in [6.07, 6.45) is 1.97. The summed E-state index contributed by atoms with van der Waals surface area (Å²) in [5, 5.41) is 2.45. The van der Waals surface area contributed by atoms with Crippen LogP contribution >= 0.6 is 0 Å². The molecule has 0 bridgehead atoms. The number of pyridine rings is 1. The monoisotopic (exact) mass is 700 g/mol. The van der Waals surface area contributed by atoms with E-state index in [4.69, 9.17) is 4.98 Å². The van der Waals surface area contributed by atoms with E-state index in [9.17, 15) is 0 Å². The molecule has 2 aromatic heterocycles. The molecule has 0 saturated carbocycles. The van der Waals surface area contributed by atoms with Gasteiger partial charge >= 0.3 is 0 Å². The van der Waals surface area contributed by atoms with Gasteiger partial charge in [-0.1, -0.05) is 112 Å². The van der Waals surface area contributed by atoms with E-state index in [0.717, 1.165) is 23.5 Å². The van der Waals surface area contributed by atoms with Crippen molar-refractivity contribution in [1.29, 1.82) is 0 Å². The summed E-state index contributed by atoms with van der Waals surface area (Å²) in [5.41, 5.74) is 17.1. The lowest BCUT2D eigenvalue weighted by Crippen LogP contribution is -2.29. The van der Waals surface area contributed by atoms with Gasteiger partial charge in [0.1, 0.15) is 5.82 Å². The quantitative estimate of drug-likeness (QED) is 0.183. The van der Waals surface area contributed by atoms with Crippen LogP contribution in [0.4, 0.5) is 17.1 Å². The van der Waals surface area contributed by atoms with Crippen LogP contribution in [-0.4, -0.2) is 23.3 Å². The molecule has 54 heavy (non-hydrogen) atoms. The van der Waals surface area contributed by atoms with Crippen molar-refractivity contribution in [3.05, 3.63) is 185 Å². The van der Waals surface area contributed by atoms with Crippen LogP contribution in [-0.2, 0) is 10.8 Å². The number of benzene rings is 6. The second-order valence-electron chi connectivity index (χ2n) is 16.3. The molecule has 264 valence electrons. The Balaban J connectivity index is 1.26. The molecule has 0 radical (unpaired) electrons. The largest absolute Gasteiger partial charge is 0.355 e. The van der Waals surface area contributed by atoms with Gasteiger partial charge in [0.15, 0.2) is 0 Å². The Labute approximate surface area is 318 Å². The molecule has 0 saturated heterocycles. The molecule has 1 aliphatic heterocycles. The molecule has 2 aliphatic rings. The molecule has 4 heteroatoms. The first-order chi connectivity index (χ1) is 26.1. The van der Waals surface area contributed by atoms with Gasteiger partial charge in [-0.3, -0.25) is 4.57 Å². The Bertz CT molecular complexity index is 2750. The van der Waals surface area contributed by atoms with Gasteiger partial charge in [0.2, 0.25) is 0 Å². The highest BCUT2D eigenvalue weighted by atomic mass is 15.4. The van der Waals surface area contributed by atoms with Crippen LogP contribution in [0.5, 0.6) is 0 Å². The second-order valence-corrected chi connectivity index (χ2v) is 16.3. The zero-order valence-corrected chi connectivity index (χ0v) is 31.9. The summed E-state index contributed by atoms with van der Waals surface area (Å²) in [4.78, 5) is 9.85. The van der Waals surface area contributed by atoms with Gasteiger partial charge in [-0.05, 0) is 118 Å². The van der Waals surface area contributed by atoms with Gasteiger partial charge < -0.3 is 9.80 Å². The number of anilines is 3. The Morgan fingerprint density at radius 1 is 0.593 bits per heavy atom. The van der Waals surface area contributed by atoms with E-state index in [0.29, 0.717) is 0 Å². The fourth-order valence-corrected chi connectivity index (χ4v) is 9.28. The minimum Gasteiger partial charge on any atom is -0.355 e. The van der Waals surface area contributed by atoms with Gasteiger partial charge in [-0.2, -0.15) is 0 Å². The third-order valence-corrected chi connectivity index (χ3v) is 12.1. The summed E-state index contributed by atoms with van der Waals surface area (Å²) in [7, 11) is 2.20. The van der Waals surface area contributed by atoms with Gasteiger partial charge in [-0.15, -0.1) is 0 Å². The summed E-state index contributed by atoms with van der Waals surface area (Å²) in [6.45, 7) is 12.0. The van der Waals surface area contributed by atoms with Crippen LogP contribution in [0.25, 0.3) is 38.8 Å². The SMILES string of the molecule is Cc1cc2c(cc1C)N(c1cccc(C3(c4ccc5c6ccccc6n(-c6cc(C(C)(C)C)ccn6)c5c4)c4ccccc4-c4ccccc43)c1)CN2C. The molecule has 0 fully saturated rings. The van der Waals surface area contributed by atoms with Crippen LogP contribution in [0.1, 0.15) is 59.7 Å². The molecule has 0 amide bonds. The molecule has 0 unspecified atom stereocenters. The zero-order valence-electron chi connectivity index (χ0n) is 31.9. The average Bonchev–Trinajstić information content (AvgIpc) is 3.80. The molecular formula is C50H44N4. The fraction of sp³-hybridized carbons (Fsp3) is 0.180. The van der Waals surface area contributed by atoms with E-state index >= 15 is 0 Å². The van der Waals surface area contributed by atoms with E-state index in [-0.39, 0.29) is 5.41 Å². The molecule has 3 heterocycles. The summed E-state index contributed by atoms with van der Waals surface area (Å²) >= 11 is 0. The standard InChI is InChI=1S/C50H44N4/c1-32-26-46-47(27-33(32)2)53(31-52(46)6)37-15-13-14-35(28-37)50(42-19-10-7-16-38(42)39-17-8-11-20-43(39)50)36-22-23-41-40-18-9-12-21-44(40)54(45(41)29-36)48-30-34(24-25-51-48)49(3,4)5/h7-30H,31H2,1-6H3. The molecule has 0 N–H and O–H groups in total. The van der Waals surface area contributed by atoms with E-state index in [1.165, 1.54) is 77.9 Å². The average molecular weight is 701 g/mol. The van der Waals surface area contributed by atoms with Gasteiger partial charge in [0.05, 0.1) is 34.5 Å². The van der Waals surface area contributed by atoms with Crippen molar-refractivity contribution >= 4 is 38.9 Å². The van der Waals surface area contributed by atoms with E-state index < -0.39 is 5.41 Å². The van der Waals surface area contributed by atoms with Gasteiger partial charge in [0.25, 0.3) is 0 Å². The maximum atomic E-state index is 5.02. The third-order valence-electron chi connectivity index (χ3n) is 12.1. The number of hydrogen-bond acceptors (Lipinski definition) is 3. The number of aromatic nitrogens is 2. The first kappa shape index (κ1) is 32.5. The highest BCUT2D eigenvalue weighted by Gasteiger charge is 2.46. The molecule has 4 nitrogen and oxygen atoms in total. The molecule has 0 atom stereocenters. The van der Waals surface area contributed by atoms with Crippen LogP contribution < -0.4 is 9.80 Å². The second kappa shape index (κ2) is 11.7. The summed E-state index contributed by atoms with van der Waals surface area (Å²) in [5.74, 6) is 0.941. The van der Waals surface area contributed by atoms with Gasteiger partial charge in [-0.25, -0.2) is 4.98 Å².